The number of amides is 3. The first-order chi connectivity index (χ1) is 20.0. The highest BCUT2D eigenvalue weighted by atomic mass is 16.5. The van der Waals surface area contributed by atoms with Crippen molar-refractivity contribution in [2.75, 3.05) is 31.2 Å². The van der Waals surface area contributed by atoms with Crippen molar-refractivity contribution in [3.8, 4) is 5.75 Å². The molecule has 0 saturated carbocycles. The Morgan fingerprint density at radius 3 is 2.29 bits per heavy atom. The van der Waals surface area contributed by atoms with E-state index in [1.165, 1.54) is 0 Å². The van der Waals surface area contributed by atoms with E-state index >= 15 is 0 Å². The van der Waals surface area contributed by atoms with Gasteiger partial charge in [-0.3, -0.25) is 14.4 Å². The highest BCUT2D eigenvalue weighted by Gasteiger charge is 2.75. The maximum Gasteiger partial charge on any atom is 0.249 e. The number of rotatable bonds is 9. The Labute approximate surface area is 249 Å². The molecular formula is C33H45N3O6. The van der Waals surface area contributed by atoms with Gasteiger partial charge in [-0.2, -0.15) is 0 Å². The molecule has 1 aromatic carbocycles. The zero-order valence-corrected chi connectivity index (χ0v) is 25.7. The number of aliphatic hydroxyl groups excluding tert-OH is 1. The SMILES string of the molecule is CCCC(C)N1CC=C[C@]23O[C@]4(C)C=CCN(c5ccc(OCC)cc5)C(=O)[C@@H]4[C@H]2C(=O)N([C@@H](CO)C(C)C)C3C1=O. The van der Waals surface area contributed by atoms with Gasteiger partial charge in [0.1, 0.15) is 17.4 Å². The molecule has 2 saturated heterocycles. The van der Waals surface area contributed by atoms with Crippen LogP contribution in [0.25, 0.3) is 0 Å². The van der Waals surface area contributed by atoms with Crippen LogP contribution >= 0.6 is 0 Å². The molecule has 4 aliphatic heterocycles. The van der Waals surface area contributed by atoms with Gasteiger partial charge in [0, 0.05) is 24.8 Å². The second-order valence-corrected chi connectivity index (χ2v) is 12.5. The van der Waals surface area contributed by atoms with E-state index in [1.807, 2.05) is 88.1 Å². The predicted molar refractivity (Wildman–Crippen MR) is 160 cm³/mol. The summed E-state index contributed by atoms with van der Waals surface area (Å²) < 4.78 is 12.5. The fourth-order valence-corrected chi connectivity index (χ4v) is 7.55. The Kier molecular flexibility index (Phi) is 8.29. The molecule has 4 heterocycles. The largest absolute Gasteiger partial charge is 0.494 e. The molecule has 42 heavy (non-hydrogen) atoms. The first-order valence-electron chi connectivity index (χ1n) is 15.4. The Bertz CT molecular complexity index is 1260. The van der Waals surface area contributed by atoms with Crippen LogP contribution in [0.2, 0.25) is 0 Å². The molecule has 0 bridgehead atoms. The van der Waals surface area contributed by atoms with Crippen LogP contribution in [0.4, 0.5) is 5.69 Å². The van der Waals surface area contributed by atoms with E-state index in [9.17, 15) is 19.5 Å². The summed E-state index contributed by atoms with van der Waals surface area (Å²) in [7, 11) is 0. The predicted octanol–water partition coefficient (Wildman–Crippen LogP) is 3.56. The van der Waals surface area contributed by atoms with E-state index in [2.05, 4.69) is 6.92 Å². The molecule has 0 radical (unpaired) electrons. The zero-order valence-electron chi connectivity index (χ0n) is 25.7. The van der Waals surface area contributed by atoms with Crippen LogP contribution < -0.4 is 9.64 Å². The summed E-state index contributed by atoms with van der Waals surface area (Å²) in [6.07, 6.45) is 9.32. The maximum atomic E-state index is 14.6. The summed E-state index contributed by atoms with van der Waals surface area (Å²) in [5, 5.41) is 10.5. The van der Waals surface area contributed by atoms with Crippen LogP contribution in [0.1, 0.15) is 54.4 Å². The summed E-state index contributed by atoms with van der Waals surface area (Å²) in [5.74, 6) is -1.95. The molecule has 2 fully saturated rings. The summed E-state index contributed by atoms with van der Waals surface area (Å²) >= 11 is 0. The topological polar surface area (TPSA) is 99.6 Å². The molecule has 0 aromatic heterocycles. The summed E-state index contributed by atoms with van der Waals surface area (Å²) in [5.41, 5.74) is -1.76. The average Bonchev–Trinajstić information content (AvgIpc) is 3.21. The van der Waals surface area contributed by atoms with Crippen molar-refractivity contribution in [2.45, 2.75) is 83.7 Å². The van der Waals surface area contributed by atoms with Gasteiger partial charge >= 0.3 is 0 Å². The van der Waals surface area contributed by atoms with Gasteiger partial charge in [-0.1, -0.05) is 51.5 Å². The molecule has 9 heteroatoms. The van der Waals surface area contributed by atoms with E-state index in [0.29, 0.717) is 31.1 Å². The van der Waals surface area contributed by atoms with Gasteiger partial charge in [-0.25, -0.2) is 0 Å². The highest BCUT2D eigenvalue weighted by molar-refractivity contribution is 6.04. The van der Waals surface area contributed by atoms with Crippen LogP contribution in [-0.2, 0) is 19.1 Å². The lowest BCUT2D eigenvalue weighted by molar-refractivity contribution is -0.156. The summed E-state index contributed by atoms with van der Waals surface area (Å²) in [4.78, 5) is 48.8. The number of ether oxygens (including phenoxy) is 2. The number of aliphatic hydroxyl groups is 1. The molecule has 7 atom stereocenters. The number of carbonyl (C=O) groups is 3. The van der Waals surface area contributed by atoms with Crippen LogP contribution in [0, 0.1) is 17.8 Å². The molecule has 4 aliphatic rings. The second kappa shape index (κ2) is 11.5. The molecule has 9 nitrogen and oxygen atoms in total. The number of anilines is 1. The van der Waals surface area contributed by atoms with Gasteiger partial charge in [0.05, 0.1) is 36.7 Å². The molecule has 1 aromatic rings. The number of carbonyl (C=O) groups excluding carboxylic acids is 3. The Morgan fingerprint density at radius 2 is 1.67 bits per heavy atom. The van der Waals surface area contributed by atoms with E-state index in [-0.39, 0.29) is 36.3 Å². The molecule has 1 N–H and O–H groups in total. The Hall–Kier alpha value is -3.17. The van der Waals surface area contributed by atoms with Crippen LogP contribution in [0.3, 0.4) is 0 Å². The molecular weight excluding hydrogens is 534 g/mol. The molecule has 0 aliphatic carbocycles. The lowest BCUT2D eigenvalue weighted by Crippen LogP contribution is -2.60. The van der Waals surface area contributed by atoms with Crippen molar-refractivity contribution in [3.05, 3.63) is 48.6 Å². The van der Waals surface area contributed by atoms with Crippen molar-refractivity contribution in [3.63, 3.8) is 0 Å². The zero-order chi connectivity index (χ0) is 30.4. The fourth-order valence-electron chi connectivity index (χ4n) is 7.55. The first kappa shape index (κ1) is 30.3. The van der Waals surface area contributed by atoms with Crippen LogP contribution in [0.5, 0.6) is 5.75 Å². The second-order valence-electron chi connectivity index (χ2n) is 12.5. The average molecular weight is 580 g/mol. The summed E-state index contributed by atoms with van der Waals surface area (Å²) in [6, 6.07) is 5.73. The van der Waals surface area contributed by atoms with Gasteiger partial charge < -0.3 is 29.3 Å². The standard InChI is InChI=1S/C33H45N3O6/c1-7-11-22(5)34-18-10-17-33-27(30(39)36(28(33)31(34)40)25(20-37)21(3)4)26-29(38)35(19-9-16-32(26,6)42-33)23-12-14-24(15-13-23)41-8-2/h9-10,12-17,21-22,25-28,37H,7-8,11,18-20H2,1-6H3/t22?,25-,26-,27-,28?,32+,33-/m0/s1. The van der Waals surface area contributed by atoms with Crippen molar-refractivity contribution in [1.29, 1.82) is 0 Å². The molecule has 3 amide bonds. The maximum absolute atomic E-state index is 14.6. The third-order valence-electron chi connectivity index (χ3n) is 9.54. The fraction of sp³-hybridized carbons (Fsp3) is 0.606. The van der Waals surface area contributed by atoms with Crippen molar-refractivity contribution < 1.29 is 29.0 Å². The van der Waals surface area contributed by atoms with E-state index < -0.39 is 35.1 Å². The first-order valence-corrected chi connectivity index (χ1v) is 15.4. The quantitative estimate of drug-likeness (QED) is 0.449. The molecule has 5 rings (SSSR count). The van der Waals surface area contributed by atoms with Gasteiger partial charge in [0.25, 0.3) is 0 Å². The number of hydrogen-bond donors (Lipinski definition) is 1. The normalized spacial score (nSPS) is 32.0. The molecule has 2 unspecified atom stereocenters. The highest BCUT2D eigenvalue weighted by Crippen LogP contribution is 2.58. The lowest BCUT2D eigenvalue weighted by Gasteiger charge is -2.42. The van der Waals surface area contributed by atoms with Crippen LogP contribution in [0.15, 0.2) is 48.6 Å². The number of nitrogens with zero attached hydrogens (tertiary/aromatic N) is 3. The minimum absolute atomic E-state index is 0.0379. The van der Waals surface area contributed by atoms with Gasteiger partial charge in [-0.15, -0.1) is 0 Å². The van der Waals surface area contributed by atoms with E-state index in [4.69, 9.17) is 9.47 Å². The number of hydrogen-bond acceptors (Lipinski definition) is 6. The molecule has 228 valence electrons. The van der Waals surface area contributed by atoms with Gasteiger partial charge in [-0.05, 0) is 57.4 Å². The van der Waals surface area contributed by atoms with Crippen LogP contribution in [-0.4, -0.2) is 88.3 Å². The van der Waals surface area contributed by atoms with Crippen molar-refractivity contribution >= 4 is 23.4 Å². The third-order valence-corrected chi connectivity index (χ3v) is 9.54. The third kappa shape index (κ3) is 4.65. The number of fused-ring (bicyclic) bond motifs is 2. The molecule has 1 spiro atoms. The summed E-state index contributed by atoms with van der Waals surface area (Å²) in [6.45, 7) is 12.7. The minimum Gasteiger partial charge on any atom is -0.494 e. The van der Waals surface area contributed by atoms with Crippen molar-refractivity contribution in [1.82, 2.24) is 9.80 Å². The minimum atomic E-state index is -1.35. The van der Waals surface area contributed by atoms with Crippen molar-refractivity contribution in [2.24, 2.45) is 17.8 Å². The van der Waals surface area contributed by atoms with E-state index in [1.54, 1.807) is 9.80 Å². The number of benzene rings is 1. The lowest BCUT2D eigenvalue weighted by atomic mass is 9.74. The Balaban J connectivity index is 1.62. The van der Waals surface area contributed by atoms with Gasteiger partial charge in [0.15, 0.2) is 0 Å². The Morgan fingerprint density at radius 1 is 0.976 bits per heavy atom. The number of likely N-dealkylation sites (tertiary alicyclic amines) is 1. The monoisotopic (exact) mass is 579 g/mol. The smallest absolute Gasteiger partial charge is 0.249 e. The van der Waals surface area contributed by atoms with Gasteiger partial charge in [0.2, 0.25) is 17.7 Å². The van der Waals surface area contributed by atoms with E-state index in [0.717, 1.165) is 12.8 Å².